The maximum absolute atomic E-state index is 12.8. The van der Waals surface area contributed by atoms with E-state index in [0.29, 0.717) is 12.1 Å². The summed E-state index contributed by atoms with van der Waals surface area (Å²) in [4.78, 5) is 2.36. The number of rotatable bonds is 3. The predicted octanol–water partition coefficient (Wildman–Crippen LogP) is 2.53. The molecule has 0 amide bonds. The van der Waals surface area contributed by atoms with E-state index in [1.165, 1.54) is 30.5 Å². The molecule has 1 saturated carbocycles. The molecule has 1 fully saturated rings. The van der Waals surface area contributed by atoms with Crippen LogP contribution in [0, 0.1) is 5.82 Å². The lowest BCUT2D eigenvalue weighted by atomic mass is 9.91. The smallest absolute Gasteiger partial charge is 0.123 e. The fourth-order valence-corrected chi connectivity index (χ4v) is 2.55. The Hall–Kier alpha value is -0.930. The summed E-state index contributed by atoms with van der Waals surface area (Å²) in [5.74, 6) is -0.167. The molecule has 0 aliphatic heterocycles. The second-order valence-electron chi connectivity index (χ2n) is 5.11. The summed E-state index contributed by atoms with van der Waals surface area (Å²) in [6, 6.07) is 7.80. The van der Waals surface area contributed by atoms with E-state index in [4.69, 9.17) is 5.73 Å². The van der Waals surface area contributed by atoms with E-state index in [9.17, 15) is 4.39 Å². The Bertz CT molecular complexity index is 342. The average Bonchev–Trinajstić information content (AvgIpc) is 2.33. The largest absolute Gasteiger partial charge is 0.328 e. The van der Waals surface area contributed by atoms with Crippen LogP contribution in [0.25, 0.3) is 0 Å². The number of halogens is 1. The third kappa shape index (κ3) is 3.51. The average molecular weight is 236 g/mol. The first-order valence-electron chi connectivity index (χ1n) is 6.35. The van der Waals surface area contributed by atoms with Gasteiger partial charge in [0.25, 0.3) is 0 Å². The molecule has 0 saturated heterocycles. The van der Waals surface area contributed by atoms with Crippen LogP contribution in [-0.4, -0.2) is 24.0 Å². The number of nitrogens with two attached hydrogens (primary N) is 1. The molecule has 0 unspecified atom stereocenters. The van der Waals surface area contributed by atoms with Gasteiger partial charge in [-0.1, -0.05) is 12.1 Å². The van der Waals surface area contributed by atoms with Gasteiger partial charge < -0.3 is 5.73 Å². The van der Waals surface area contributed by atoms with E-state index in [0.717, 1.165) is 19.4 Å². The fraction of sp³-hybridized carbons (Fsp3) is 0.571. The van der Waals surface area contributed by atoms with Gasteiger partial charge in [0, 0.05) is 18.6 Å². The van der Waals surface area contributed by atoms with Crippen LogP contribution in [0.2, 0.25) is 0 Å². The number of hydrogen-bond donors (Lipinski definition) is 1. The Morgan fingerprint density at radius 2 is 1.76 bits per heavy atom. The Labute approximate surface area is 103 Å². The molecule has 0 atom stereocenters. The highest BCUT2D eigenvalue weighted by Gasteiger charge is 2.21. The molecular weight excluding hydrogens is 215 g/mol. The zero-order chi connectivity index (χ0) is 12.3. The molecule has 2 nitrogen and oxygen atoms in total. The van der Waals surface area contributed by atoms with Crippen molar-refractivity contribution < 1.29 is 4.39 Å². The van der Waals surface area contributed by atoms with Crippen LogP contribution in [-0.2, 0) is 6.54 Å². The van der Waals surface area contributed by atoms with Gasteiger partial charge in [-0.15, -0.1) is 0 Å². The Balaban J connectivity index is 1.88. The molecular formula is C14H21FN2. The zero-order valence-corrected chi connectivity index (χ0v) is 10.4. The quantitative estimate of drug-likeness (QED) is 0.873. The van der Waals surface area contributed by atoms with Crippen LogP contribution in [0.3, 0.4) is 0 Å². The Kier molecular flexibility index (Phi) is 4.13. The van der Waals surface area contributed by atoms with Crippen molar-refractivity contribution in [2.45, 2.75) is 44.3 Å². The molecule has 1 aromatic rings. The van der Waals surface area contributed by atoms with Gasteiger partial charge in [-0.2, -0.15) is 0 Å². The molecule has 0 bridgehead atoms. The van der Waals surface area contributed by atoms with Crippen LogP contribution in [0.4, 0.5) is 4.39 Å². The van der Waals surface area contributed by atoms with E-state index in [1.807, 2.05) is 12.1 Å². The number of hydrogen-bond acceptors (Lipinski definition) is 2. The first-order chi connectivity index (χ1) is 8.15. The molecule has 1 aliphatic carbocycles. The van der Waals surface area contributed by atoms with Crippen molar-refractivity contribution in [3.05, 3.63) is 35.6 Å². The normalized spacial score (nSPS) is 25.2. The van der Waals surface area contributed by atoms with Crippen molar-refractivity contribution in [2.24, 2.45) is 5.73 Å². The molecule has 17 heavy (non-hydrogen) atoms. The third-order valence-corrected chi connectivity index (χ3v) is 3.71. The molecule has 0 aromatic heterocycles. The first kappa shape index (κ1) is 12.5. The summed E-state index contributed by atoms with van der Waals surface area (Å²) in [5, 5.41) is 0. The summed E-state index contributed by atoms with van der Waals surface area (Å²) in [5.41, 5.74) is 7.08. The van der Waals surface area contributed by atoms with E-state index >= 15 is 0 Å². The maximum Gasteiger partial charge on any atom is 0.123 e. The standard InChI is InChI=1S/C14H21FN2/c1-17(14-8-6-13(16)7-9-14)10-11-2-4-12(15)5-3-11/h2-5,13-14H,6-10,16H2,1H3/t13-,14-. The lowest BCUT2D eigenvalue weighted by Gasteiger charge is -2.33. The van der Waals surface area contributed by atoms with Crippen LogP contribution in [0.15, 0.2) is 24.3 Å². The second kappa shape index (κ2) is 5.61. The number of benzene rings is 1. The summed E-state index contributed by atoms with van der Waals surface area (Å²) in [7, 11) is 2.14. The van der Waals surface area contributed by atoms with Gasteiger partial charge in [0.2, 0.25) is 0 Å². The highest BCUT2D eigenvalue weighted by atomic mass is 19.1. The second-order valence-corrected chi connectivity index (χ2v) is 5.11. The minimum absolute atomic E-state index is 0.167. The van der Waals surface area contributed by atoms with Crippen molar-refractivity contribution >= 4 is 0 Å². The van der Waals surface area contributed by atoms with E-state index in [-0.39, 0.29) is 5.82 Å². The van der Waals surface area contributed by atoms with Gasteiger partial charge in [-0.3, -0.25) is 4.90 Å². The molecule has 2 N–H and O–H groups in total. The van der Waals surface area contributed by atoms with Crippen LogP contribution >= 0.6 is 0 Å². The first-order valence-corrected chi connectivity index (χ1v) is 6.35. The highest BCUT2D eigenvalue weighted by Crippen LogP contribution is 2.22. The van der Waals surface area contributed by atoms with Crippen LogP contribution in [0.5, 0.6) is 0 Å². The van der Waals surface area contributed by atoms with Crippen molar-refractivity contribution in [3.63, 3.8) is 0 Å². The van der Waals surface area contributed by atoms with E-state index in [2.05, 4.69) is 11.9 Å². The molecule has 1 aromatic carbocycles. The van der Waals surface area contributed by atoms with Crippen molar-refractivity contribution in [3.8, 4) is 0 Å². The predicted molar refractivity (Wildman–Crippen MR) is 68.1 cm³/mol. The topological polar surface area (TPSA) is 29.3 Å². The van der Waals surface area contributed by atoms with Crippen molar-refractivity contribution in [1.29, 1.82) is 0 Å². The van der Waals surface area contributed by atoms with Gasteiger partial charge in [0.05, 0.1) is 0 Å². The monoisotopic (exact) mass is 236 g/mol. The SMILES string of the molecule is CN(Cc1ccc(F)cc1)[C@H]1CC[C@H](N)CC1. The van der Waals surface area contributed by atoms with Crippen LogP contribution in [0.1, 0.15) is 31.2 Å². The summed E-state index contributed by atoms with van der Waals surface area (Å²) >= 11 is 0. The lowest BCUT2D eigenvalue weighted by molar-refractivity contribution is 0.176. The summed E-state index contributed by atoms with van der Waals surface area (Å²) in [6.45, 7) is 0.889. The molecule has 0 heterocycles. The van der Waals surface area contributed by atoms with Gasteiger partial charge >= 0.3 is 0 Å². The molecule has 0 spiro atoms. The summed E-state index contributed by atoms with van der Waals surface area (Å²) in [6.07, 6.45) is 4.61. The minimum atomic E-state index is -0.167. The minimum Gasteiger partial charge on any atom is -0.328 e. The highest BCUT2D eigenvalue weighted by molar-refractivity contribution is 5.15. The molecule has 0 radical (unpaired) electrons. The van der Waals surface area contributed by atoms with Crippen molar-refractivity contribution in [1.82, 2.24) is 4.90 Å². The van der Waals surface area contributed by atoms with Gasteiger partial charge in [0.1, 0.15) is 5.82 Å². The molecule has 2 rings (SSSR count). The number of nitrogens with zero attached hydrogens (tertiary/aromatic N) is 1. The molecule has 3 heteroatoms. The van der Waals surface area contributed by atoms with Crippen LogP contribution < -0.4 is 5.73 Å². The Morgan fingerprint density at radius 1 is 1.18 bits per heavy atom. The lowest BCUT2D eigenvalue weighted by Crippen LogP contribution is -2.38. The van der Waals surface area contributed by atoms with Gasteiger partial charge in [-0.25, -0.2) is 4.39 Å². The van der Waals surface area contributed by atoms with Gasteiger partial charge in [0.15, 0.2) is 0 Å². The molecule has 1 aliphatic rings. The van der Waals surface area contributed by atoms with Gasteiger partial charge in [-0.05, 0) is 50.4 Å². The maximum atomic E-state index is 12.8. The fourth-order valence-electron chi connectivity index (χ4n) is 2.55. The Morgan fingerprint density at radius 3 is 2.35 bits per heavy atom. The summed E-state index contributed by atoms with van der Waals surface area (Å²) < 4.78 is 12.8. The van der Waals surface area contributed by atoms with Crippen molar-refractivity contribution in [2.75, 3.05) is 7.05 Å². The zero-order valence-electron chi connectivity index (χ0n) is 10.4. The van der Waals surface area contributed by atoms with E-state index in [1.54, 1.807) is 0 Å². The van der Waals surface area contributed by atoms with E-state index < -0.39 is 0 Å². The third-order valence-electron chi connectivity index (χ3n) is 3.71. The molecule has 94 valence electrons.